The molecule has 2 aliphatic rings. The Morgan fingerprint density at radius 1 is 0.871 bits per heavy atom. The summed E-state index contributed by atoms with van der Waals surface area (Å²) in [5.41, 5.74) is 3.24. The van der Waals surface area contributed by atoms with Crippen molar-refractivity contribution in [2.24, 2.45) is 5.92 Å². The maximum Gasteiger partial charge on any atom is 0.262 e. The number of hydrogen-bond acceptors (Lipinski definition) is 5. The van der Waals surface area contributed by atoms with Crippen molar-refractivity contribution in [3.05, 3.63) is 95.6 Å². The number of anilines is 1. The number of fused-ring (bicyclic) bond motifs is 1. The second kappa shape index (κ2) is 7.56. The molecule has 0 radical (unpaired) electrons. The quantitative estimate of drug-likeness (QED) is 0.659. The number of rotatable bonds is 4. The van der Waals surface area contributed by atoms with Crippen LogP contribution in [0.3, 0.4) is 0 Å². The Balaban J connectivity index is 1.54. The van der Waals surface area contributed by atoms with Crippen molar-refractivity contribution in [3.8, 4) is 5.75 Å². The number of para-hydroxylation sites is 1. The number of carbonyl (C=O) groups is 2. The minimum atomic E-state index is -0.929. The van der Waals surface area contributed by atoms with Crippen LogP contribution in [0.5, 0.6) is 5.75 Å². The lowest BCUT2D eigenvalue weighted by atomic mass is 9.90. The van der Waals surface area contributed by atoms with Crippen molar-refractivity contribution in [3.63, 3.8) is 0 Å². The Labute approximate surface area is 180 Å². The van der Waals surface area contributed by atoms with Crippen molar-refractivity contribution in [1.82, 2.24) is 4.90 Å². The summed E-state index contributed by atoms with van der Waals surface area (Å²) in [7, 11) is 0. The van der Waals surface area contributed by atoms with Gasteiger partial charge in [0.15, 0.2) is 6.10 Å². The van der Waals surface area contributed by atoms with Gasteiger partial charge in [0.2, 0.25) is 5.91 Å². The fraction of sp³-hybridized carbons (Fsp3) is 0.200. The first-order valence-electron chi connectivity index (χ1n) is 10.2. The van der Waals surface area contributed by atoms with Gasteiger partial charge < -0.3 is 5.11 Å². The molecule has 2 saturated heterocycles. The number of phenols is 1. The lowest BCUT2D eigenvalue weighted by molar-refractivity contribution is -0.143. The number of aryl methyl sites for hydroxylation is 1. The molecule has 2 amide bonds. The number of hydroxylamine groups is 1. The van der Waals surface area contributed by atoms with Gasteiger partial charge in [0.1, 0.15) is 11.7 Å². The Bertz CT molecular complexity index is 1130. The van der Waals surface area contributed by atoms with E-state index in [-0.39, 0.29) is 24.1 Å². The molecular formula is C25H22N2O4. The van der Waals surface area contributed by atoms with Crippen molar-refractivity contribution in [2.75, 3.05) is 5.06 Å². The van der Waals surface area contributed by atoms with Gasteiger partial charge in [0.05, 0.1) is 18.3 Å². The van der Waals surface area contributed by atoms with Crippen LogP contribution < -0.4 is 5.06 Å². The molecule has 5 rings (SSSR count). The minimum absolute atomic E-state index is 0.0654. The van der Waals surface area contributed by atoms with E-state index < -0.39 is 18.1 Å². The van der Waals surface area contributed by atoms with E-state index in [0.29, 0.717) is 5.56 Å². The zero-order chi connectivity index (χ0) is 21.5. The normalized spacial score (nSPS) is 22.8. The molecule has 2 heterocycles. The predicted molar refractivity (Wildman–Crippen MR) is 115 cm³/mol. The summed E-state index contributed by atoms with van der Waals surface area (Å²) < 4.78 is 0. The second-order valence-electron chi connectivity index (χ2n) is 7.97. The molecule has 0 unspecified atom stereocenters. The molecule has 0 saturated carbocycles. The van der Waals surface area contributed by atoms with Crippen LogP contribution in [0.15, 0.2) is 78.9 Å². The fourth-order valence-electron chi connectivity index (χ4n) is 4.36. The number of likely N-dealkylation sites (tertiary alicyclic amines) is 1. The SMILES string of the molecule is Cc1ccc(N2O[C@H]3C(=O)N(Cc4ccccc4)C(=O)[C@H]3[C@@H]2c2ccccc2O)cc1. The highest BCUT2D eigenvalue weighted by molar-refractivity contribution is 6.07. The van der Waals surface area contributed by atoms with Crippen molar-refractivity contribution >= 4 is 17.5 Å². The van der Waals surface area contributed by atoms with E-state index >= 15 is 0 Å². The smallest absolute Gasteiger partial charge is 0.262 e. The van der Waals surface area contributed by atoms with Crippen molar-refractivity contribution < 1.29 is 19.5 Å². The maximum absolute atomic E-state index is 13.4. The number of imide groups is 1. The van der Waals surface area contributed by atoms with E-state index in [1.807, 2.05) is 61.5 Å². The molecule has 0 bridgehead atoms. The van der Waals surface area contributed by atoms with Gasteiger partial charge in [-0.2, -0.15) is 0 Å². The van der Waals surface area contributed by atoms with Gasteiger partial charge >= 0.3 is 0 Å². The third-order valence-corrected chi connectivity index (χ3v) is 5.93. The zero-order valence-electron chi connectivity index (χ0n) is 17.0. The number of benzene rings is 3. The number of amides is 2. The highest BCUT2D eigenvalue weighted by Gasteiger charge is 2.60. The van der Waals surface area contributed by atoms with Crippen LogP contribution in [0.4, 0.5) is 5.69 Å². The molecule has 3 atom stereocenters. The molecular weight excluding hydrogens is 392 g/mol. The van der Waals surface area contributed by atoms with Crippen LogP contribution in [-0.2, 0) is 21.0 Å². The van der Waals surface area contributed by atoms with E-state index in [4.69, 9.17) is 4.84 Å². The molecule has 0 aliphatic carbocycles. The molecule has 1 N–H and O–H groups in total. The van der Waals surface area contributed by atoms with Crippen LogP contribution in [0.25, 0.3) is 0 Å². The molecule has 3 aromatic rings. The van der Waals surface area contributed by atoms with Gasteiger partial charge in [-0.05, 0) is 30.7 Å². The Morgan fingerprint density at radius 3 is 2.26 bits per heavy atom. The van der Waals surface area contributed by atoms with E-state index in [2.05, 4.69) is 0 Å². The van der Waals surface area contributed by atoms with E-state index in [1.54, 1.807) is 29.3 Å². The number of phenolic OH excluding ortho intramolecular Hbond substituents is 1. The molecule has 156 valence electrons. The first-order chi connectivity index (χ1) is 15.0. The van der Waals surface area contributed by atoms with Crippen LogP contribution in [0, 0.1) is 12.8 Å². The molecule has 3 aromatic carbocycles. The second-order valence-corrected chi connectivity index (χ2v) is 7.97. The number of aromatic hydroxyl groups is 1. The molecule has 0 spiro atoms. The van der Waals surface area contributed by atoms with Gasteiger partial charge in [-0.1, -0.05) is 66.2 Å². The van der Waals surface area contributed by atoms with Gasteiger partial charge in [-0.3, -0.25) is 19.3 Å². The molecule has 2 fully saturated rings. The third kappa shape index (κ3) is 3.25. The van der Waals surface area contributed by atoms with E-state index in [1.165, 1.54) is 4.90 Å². The summed E-state index contributed by atoms with van der Waals surface area (Å²) in [6.45, 7) is 2.19. The highest BCUT2D eigenvalue weighted by atomic mass is 16.7. The first kappa shape index (κ1) is 19.3. The van der Waals surface area contributed by atoms with Gasteiger partial charge in [0.25, 0.3) is 5.91 Å². The van der Waals surface area contributed by atoms with Gasteiger partial charge in [-0.25, -0.2) is 5.06 Å². The van der Waals surface area contributed by atoms with Crippen molar-refractivity contribution in [2.45, 2.75) is 25.6 Å². The number of carbonyl (C=O) groups excluding carboxylic acids is 2. The lowest BCUT2D eigenvalue weighted by Gasteiger charge is -2.29. The van der Waals surface area contributed by atoms with E-state index in [0.717, 1.165) is 16.8 Å². The minimum Gasteiger partial charge on any atom is -0.508 e. The molecule has 2 aliphatic heterocycles. The molecule has 6 nitrogen and oxygen atoms in total. The maximum atomic E-state index is 13.4. The first-order valence-corrected chi connectivity index (χ1v) is 10.2. The molecule has 6 heteroatoms. The highest BCUT2D eigenvalue weighted by Crippen LogP contribution is 2.48. The van der Waals surface area contributed by atoms with E-state index in [9.17, 15) is 14.7 Å². The molecule has 31 heavy (non-hydrogen) atoms. The average Bonchev–Trinajstić information content (AvgIpc) is 3.27. The van der Waals surface area contributed by atoms with Crippen molar-refractivity contribution in [1.29, 1.82) is 0 Å². The zero-order valence-corrected chi connectivity index (χ0v) is 17.0. The average molecular weight is 414 g/mol. The van der Waals surface area contributed by atoms with Crippen LogP contribution in [0.1, 0.15) is 22.7 Å². The summed E-state index contributed by atoms with van der Waals surface area (Å²) >= 11 is 0. The Morgan fingerprint density at radius 2 is 1.55 bits per heavy atom. The van der Waals surface area contributed by atoms with Crippen LogP contribution in [-0.4, -0.2) is 27.9 Å². The predicted octanol–water partition coefficient (Wildman–Crippen LogP) is 3.75. The Hall–Kier alpha value is -3.64. The largest absolute Gasteiger partial charge is 0.508 e. The monoisotopic (exact) mass is 414 g/mol. The summed E-state index contributed by atoms with van der Waals surface area (Å²) in [5, 5.41) is 12.2. The van der Waals surface area contributed by atoms with Crippen LogP contribution >= 0.6 is 0 Å². The fourth-order valence-corrected chi connectivity index (χ4v) is 4.36. The third-order valence-electron chi connectivity index (χ3n) is 5.93. The summed E-state index contributed by atoms with van der Waals surface area (Å²) in [6, 6.07) is 23.3. The van der Waals surface area contributed by atoms with Gasteiger partial charge in [-0.15, -0.1) is 0 Å². The van der Waals surface area contributed by atoms with Gasteiger partial charge in [0, 0.05) is 5.56 Å². The molecule has 0 aromatic heterocycles. The standard InChI is InChI=1S/C25H22N2O4/c1-16-11-13-18(14-12-16)27-22(19-9-5-6-10-20(19)28)21-23(31-27)25(30)26(24(21)29)15-17-7-3-2-4-8-17/h2-14,21-23,28H,15H2,1H3/t21-,22-,23+/m0/s1. The lowest BCUT2D eigenvalue weighted by Crippen LogP contribution is -2.37. The van der Waals surface area contributed by atoms with Crippen LogP contribution in [0.2, 0.25) is 0 Å². The summed E-state index contributed by atoms with van der Waals surface area (Å²) in [5.74, 6) is -1.32. The number of hydrogen-bond donors (Lipinski definition) is 1. The summed E-state index contributed by atoms with van der Waals surface area (Å²) in [6.07, 6.45) is -0.929. The topological polar surface area (TPSA) is 70.1 Å². The summed E-state index contributed by atoms with van der Waals surface area (Å²) in [4.78, 5) is 34.0. The Kier molecular flexibility index (Phi) is 4.71. The number of nitrogens with zero attached hydrogens (tertiary/aromatic N) is 2.